The SMILES string of the molecule is COCC1(c2ccc(CC3S[C@H](c4ccccc4)CN[C@H]3C)c(F)c2)CCOCC1. The van der Waals surface area contributed by atoms with Crippen molar-refractivity contribution in [2.75, 3.05) is 33.5 Å². The lowest BCUT2D eigenvalue weighted by Crippen LogP contribution is -2.44. The van der Waals surface area contributed by atoms with Crippen LogP contribution in [0.1, 0.15) is 41.7 Å². The van der Waals surface area contributed by atoms with Gasteiger partial charge in [0.2, 0.25) is 0 Å². The molecule has 2 aliphatic heterocycles. The van der Waals surface area contributed by atoms with Crippen LogP contribution in [0.3, 0.4) is 0 Å². The van der Waals surface area contributed by atoms with E-state index in [0.29, 0.717) is 36.4 Å². The van der Waals surface area contributed by atoms with Crippen LogP contribution in [0.2, 0.25) is 0 Å². The quantitative estimate of drug-likeness (QED) is 0.708. The molecule has 0 amide bonds. The molecule has 0 aromatic heterocycles. The standard InChI is InChI=1S/C25H32FNO2S/c1-18-23(30-24(16-27-18)19-6-4-3-5-7-19)14-20-8-9-21(15-22(20)26)25(17-28-2)10-12-29-13-11-25/h3-9,15,18,23-24,27H,10-14,16-17H2,1-2H3/t18-,23?,24-/m0/s1. The van der Waals surface area contributed by atoms with Crippen molar-refractivity contribution >= 4 is 11.8 Å². The van der Waals surface area contributed by atoms with Crippen molar-refractivity contribution in [3.63, 3.8) is 0 Å². The Kier molecular flexibility index (Phi) is 7.14. The molecule has 5 heteroatoms. The molecule has 2 aromatic carbocycles. The summed E-state index contributed by atoms with van der Waals surface area (Å²) < 4.78 is 26.3. The lowest BCUT2D eigenvalue weighted by atomic mass is 9.74. The van der Waals surface area contributed by atoms with Crippen molar-refractivity contribution in [3.05, 3.63) is 71.0 Å². The maximum atomic E-state index is 15.2. The van der Waals surface area contributed by atoms with Gasteiger partial charge in [0.15, 0.2) is 0 Å². The molecule has 0 aliphatic carbocycles. The van der Waals surface area contributed by atoms with Crippen LogP contribution in [0, 0.1) is 5.82 Å². The van der Waals surface area contributed by atoms with Crippen LogP contribution in [0.4, 0.5) is 4.39 Å². The minimum Gasteiger partial charge on any atom is -0.384 e. The van der Waals surface area contributed by atoms with E-state index in [1.54, 1.807) is 13.2 Å². The highest BCUT2D eigenvalue weighted by molar-refractivity contribution is 8.00. The molecular formula is C25H32FNO2S. The average Bonchev–Trinajstić information content (AvgIpc) is 2.78. The topological polar surface area (TPSA) is 30.5 Å². The molecule has 2 aliphatic rings. The van der Waals surface area contributed by atoms with E-state index in [9.17, 15) is 0 Å². The Hall–Kier alpha value is -1.40. The summed E-state index contributed by atoms with van der Waals surface area (Å²) in [5.74, 6) is -0.0934. The van der Waals surface area contributed by atoms with Gasteiger partial charge in [-0.2, -0.15) is 0 Å². The lowest BCUT2D eigenvalue weighted by Gasteiger charge is -2.37. The molecule has 3 atom stereocenters. The number of thioether (sulfide) groups is 1. The Morgan fingerprint density at radius 2 is 1.93 bits per heavy atom. The molecule has 2 aromatic rings. The van der Waals surface area contributed by atoms with Gasteiger partial charge in [0.25, 0.3) is 0 Å². The first kappa shape index (κ1) is 21.8. The second kappa shape index (κ2) is 9.82. The molecule has 30 heavy (non-hydrogen) atoms. The molecule has 0 spiro atoms. The van der Waals surface area contributed by atoms with Crippen LogP contribution in [0.5, 0.6) is 0 Å². The van der Waals surface area contributed by atoms with E-state index >= 15 is 4.39 Å². The molecule has 0 radical (unpaired) electrons. The van der Waals surface area contributed by atoms with E-state index in [1.165, 1.54) is 5.56 Å². The number of methoxy groups -OCH3 is 1. The number of benzene rings is 2. The molecule has 2 fully saturated rings. The summed E-state index contributed by atoms with van der Waals surface area (Å²) in [6.45, 7) is 5.18. The van der Waals surface area contributed by atoms with Crippen LogP contribution >= 0.6 is 11.8 Å². The molecule has 2 saturated heterocycles. The molecule has 3 nitrogen and oxygen atoms in total. The molecule has 2 heterocycles. The number of halogens is 1. The monoisotopic (exact) mass is 429 g/mol. The minimum absolute atomic E-state index is 0.0934. The normalized spacial score (nSPS) is 26.4. The first-order valence-electron chi connectivity index (χ1n) is 10.9. The van der Waals surface area contributed by atoms with Crippen molar-refractivity contribution in [2.45, 2.75) is 48.1 Å². The summed E-state index contributed by atoms with van der Waals surface area (Å²) in [6.07, 6.45) is 2.48. The zero-order valence-corrected chi connectivity index (χ0v) is 18.7. The Balaban J connectivity index is 1.50. The Labute approximate surface area is 183 Å². The molecule has 1 unspecified atom stereocenters. The fraction of sp³-hybridized carbons (Fsp3) is 0.520. The van der Waals surface area contributed by atoms with Gasteiger partial charge in [-0.3, -0.25) is 0 Å². The van der Waals surface area contributed by atoms with Gasteiger partial charge < -0.3 is 14.8 Å². The van der Waals surface area contributed by atoms with Gasteiger partial charge in [0.05, 0.1) is 6.61 Å². The number of ether oxygens (including phenoxy) is 2. The van der Waals surface area contributed by atoms with E-state index < -0.39 is 0 Å². The summed E-state index contributed by atoms with van der Waals surface area (Å²) in [4.78, 5) is 0. The van der Waals surface area contributed by atoms with Gasteiger partial charge in [-0.15, -0.1) is 11.8 Å². The minimum atomic E-state index is -0.140. The molecule has 4 rings (SSSR count). The Morgan fingerprint density at radius 1 is 1.17 bits per heavy atom. The van der Waals surface area contributed by atoms with E-state index in [1.807, 2.05) is 17.8 Å². The first-order valence-corrected chi connectivity index (χ1v) is 11.8. The van der Waals surface area contributed by atoms with Gasteiger partial charge in [-0.25, -0.2) is 4.39 Å². The van der Waals surface area contributed by atoms with Crippen LogP contribution in [-0.2, 0) is 21.3 Å². The third kappa shape index (κ3) is 4.75. The van der Waals surface area contributed by atoms with E-state index in [0.717, 1.165) is 36.9 Å². The van der Waals surface area contributed by atoms with Gasteiger partial charge in [-0.05, 0) is 48.9 Å². The van der Waals surface area contributed by atoms with Crippen molar-refractivity contribution < 1.29 is 13.9 Å². The lowest BCUT2D eigenvalue weighted by molar-refractivity contribution is 0.0135. The summed E-state index contributed by atoms with van der Waals surface area (Å²) in [7, 11) is 1.72. The van der Waals surface area contributed by atoms with E-state index in [-0.39, 0.29) is 11.2 Å². The van der Waals surface area contributed by atoms with Crippen LogP contribution in [0.25, 0.3) is 0 Å². The highest BCUT2D eigenvalue weighted by Crippen LogP contribution is 2.39. The smallest absolute Gasteiger partial charge is 0.126 e. The third-order valence-corrected chi connectivity index (χ3v) is 8.34. The fourth-order valence-electron chi connectivity index (χ4n) is 4.70. The average molecular weight is 430 g/mol. The van der Waals surface area contributed by atoms with Gasteiger partial charge in [-0.1, -0.05) is 42.5 Å². The molecule has 162 valence electrons. The van der Waals surface area contributed by atoms with Crippen molar-refractivity contribution in [1.82, 2.24) is 5.32 Å². The largest absolute Gasteiger partial charge is 0.384 e. The molecule has 0 bridgehead atoms. The van der Waals surface area contributed by atoms with E-state index in [2.05, 4.69) is 48.6 Å². The molecule has 0 saturated carbocycles. The fourth-order valence-corrected chi connectivity index (χ4v) is 6.24. The number of rotatable bonds is 6. The second-order valence-corrected chi connectivity index (χ2v) is 10.1. The maximum absolute atomic E-state index is 15.2. The van der Waals surface area contributed by atoms with Crippen molar-refractivity contribution in [2.24, 2.45) is 0 Å². The molecule has 1 N–H and O–H groups in total. The summed E-state index contributed by atoms with van der Waals surface area (Å²) in [5, 5.41) is 4.37. The van der Waals surface area contributed by atoms with Gasteiger partial charge in [0.1, 0.15) is 5.82 Å². The summed E-state index contributed by atoms with van der Waals surface area (Å²) in [5.41, 5.74) is 3.04. The Morgan fingerprint density at radius 3 is 2.63 bits per heavy atom. The molecular weight excluding hydrogens is 397 g/mol. The van der Waals surface area contributed by atoms with Crippen LogP contribution in [-0.4, -0.2) is 44.8 Å². The predicted octanol–water partition coefficient (Wildman–Crippen LogP) is 4.90. The zero-order chi connectivity index (χ0) is 21.0. The summed E-state index contributed by atoms with van der Waals surface area (Å²) >= 11 is 1.97. The van der Waals surface area contributed by atoms with Crippen molar-refractivity contribution in [1.29, 1.82) is 0 Å². The van der Waals surface area contributed by atoms with Crippen LogP contribution in [0.15, 0.2) is 48.5 Å². The Bertz CT molecular complexity index is 820. The zero-order valence-electron chi connectivity index (χ0n) is 17.9. The maximum Gasteiger partial charge on any atom is 0.126 e. The third-order valence-electron chi connectivity index (χ3n) is 6.65. The summed E-state index contributed by atoms with van der Waals surface area (Å²) in [6, 6.07) is 16.8. The van der Waals surface area contributed by atoms with Gasteiger partial charge >= 0.3 is 0 Å². The number of hydrogen-bond donors (Lipinski definition) is 1. The predicted molar refractivity (Wildman–Crippen MR) is 122 cm³/mol. The van der Waals surface area contributed by atoms with Crippen molar-refractivity contribution in [3.8, 4) is 0 Å². The highest BCUT2D eigenvalue weighted by atomic mass is 32.2. The number of nitrogens with one attached hydrogen (secondary N) is 1. The van der Waals surface area contributed by atoms with Gasteiger partial charge in [0, 0.05) is 48.8 Å². The highest BCUT2D eigenvalue weighted by Gasteiger charge is 2.35. The number of hydrogen-bond acceptors (Lipinski definition) is 4. The van der Waals surface area contributed by atoms with Crippen LogP contribution < -0.4 is 5.32 Å². The van der Waals surface area contributed by atoms with E-state index in [4.69, 9.17) is 9.47 Å². The first-order chi connectivity index (χ1) is 14.6. The second-order valence-electron chi connectivity index (χ2n) is 8.61.